The number of ketones is 1. The van der Waals surface area contributed by atoms with E-state index in [4.69, 9.17) is 4.74 Å². The van der Waals surface area contributed by atoms with E-state index in [1.807, 2.05) is 6.07 Å². The third-order valence-electron chi connectivity index (χ3n) is 4.08. The van der Waals surface area contributed by atoms with E-state index in [0.29, 0.717) is 16.7 Å². The van der Waals surface area contributed by atoms with Gasteiger partial charge in [-0.1, -0.05) is 48.5 Å². The molecule has 2 atom stereocenters. The average molecular weight is 399 g/mol. The lowest BCUT2D eigenvalue weighted by Crippen LogP contribution is -2.43. The standard InChI is InChI=1S/C21H21NO5S/c1-13(20(25)27-21(26)18(12-28)22-14(2)23)16-9-6-10-17(11-16)19(24)15-7-4-3-5-8-15/h3-11,13,18,28H,12H2,1-2H3,(H,22,23)/t13?,18-/m0/s1. The Morgan fingerprint density at radius 1 is 0.964 bits per heavy atom. The van der Waals surface area contributed by atoms with E-state index in [9.17, 15) is 19.2 Å². The zero-order valence-corrected chi connectivity index (χ0v) is 16.4. The van der Waals surface area contributed by atoms with Crippen LogP contribution < -0.4 is 5.32 Å². The van der Waals surface area contributed by atoms with Crippen molar-refractivity contribution in [2.45, 2.75) is 25.8 Å². The van der Waals surface area contributed by atoms with Gasteiger partial charge >= 0.3 is 11.9 Å². The van der Waals surface area contributed by atoms with Crippen LogP contribution in [0.3, 0.4) is 0 Å². The van der Waals surface area contributed by atoms with E-state index in [0.717, 1.165) is 0 Å². The lowest BCUT2D eigenvalue weighted by molar-refractivity contribution is -0.162. The van der Waals surface area contributed by atoms with Crippen molar-refractivity contribution in [3.8, 4) is 0 Å². The van der Waals surface area contributed by atoms with E-state index < -0.39 is 29.8 Å². The summed E-state index contributed by atoms with van der Waals surface area (Å²) in [6.45, 7) is 2.83. The quantitative estimate of drug-likeness (QED) is 0.323. The Labute approximate surface area is 168 Å². The van der Waals surface area contributed by atoms with Crippen molar-refractivity contribution < 1.29 is 23.9 Å². The van der Waals surface area contributed by atoms with Gasteiger partial charge in [0, 0.05) is 23.8 Å². The number of thiol groups is 1. The minimum Gasteiger partial charge on any atom is -0.391 e. The smallest absolute Gasteiger partial charge is 0.337 e. The summed E-state index contributed by atoms with van der Waals surface area (Å²) in [5.41, 5.74) is 1.51. The highest BCUT2D eigenvalue weighted by molar-refractivity contribution is 7.80. The molecule has 2 aromatic rings. The van der Waals surface area contributed by atoms with Crippen molar-refractivity contribution in [2.24, 2.45) is 0 Å². The zero-order valence-electron chi connectivity index (χ0n) is 15.5. The van der Waals surface area contributed by atoms with Crippen molar-refractivity contribution in [3.63, 3.8) is 0 Å². The molecule has 1 unspecified atom stereocenters. The fourth-order valence-electron chi connectivity index (χ4n) is 2.52. The number of ether oxygens (including phenoxy) is 1. The summed E-state index contributed by atoms with van der Waals surface area (Å²) in [7, 11) is 0. The Bertz CT molecular complexity index is 881. The topological polar surface area (TPSA) is 89.5 Å². The van der Waals surface area contributed by atoms with Crippen molar-refractivity contribution in [3.05, 3.63) is 71.3 Å². The molecule has 0 aromatic heterocycles. The SMILES string of the molecule is CC(=O)N[C@@H](CS)C(=O)OC(=O)C(C)c1cccc(C(=O)c2ccccc2)c1. The molecule has 0 radical (unpaired) electrons. The van der Waals surface area contributed by atoms with Gasteiger partial charge in [-0.2, -0.15) is 12.6 Å². The highest BCUT2D eigenvalue weighted by Gasteiger charge is 2.26. The second-order valence-electron chi connectivity index (χ2n) is 6.22. The third kappa shape index (κ3) is 5.53. The Morgan fingerprint density at radius 2 is 1.61 bits per heavy atom. The van der Waals surface area contributed by atoms with Gasteiger partial charge in [-0.15, -0.1) is 0 Å². The van der Waals surface area contributed by atoms with Gasteiger partial charge in [-0.25, -0.2) is 4.79 Å². The number of hydrogen-bond acceptors (Lipinski definition) is 6. The predicted octanol–water partition coefficient (Wildman–Crippen LogP) is 2.53. The first kappa shape index (κ1) is 21.4. The molecule has 0 saturated heterocycles. The molecule has 2 rings (SSSR count). The molecule has 146 valence electrons. The zero-order chi connectivity index (χ0) is 20.7. The summed E-state index contributed by atoms with van der Waals surface area (Å²) in [6, 6.07) is 14.4. The molecule has 0 aliphatic carbocycles. The molecular formula is C21H21NO5S. The van der Waals surface area contributed by atoms with Crippen molar-refractivity contribution in [1.29, 1.82) is 0 Å². The number of carbonyl (C=O) groups excluding carboxylic acids is 4. The largest absolute Gasteiger partial charge is 0.391 e. The third-order valence-corrected chi connectivity index (χ3v) is 4.45. The first-order valence-corrected chi connectivity index (χ1v) is 9.30. The molecule has 0 aliphatic heterocycles. The number of esters is 2. The minimum absolute atomic E-state index is 0.00113. The summed E-state index contributed by atoms with van der Waals surface area (Å²) >= 11 is 3.98. The second-order valence-corrected chi connectivity index (χ2v) is 6.58. The molecule has 0 aliphatic rings. The second kappa shape index (κ2) is 9.85. The highest BCUT2D eigenvalue weighted by atomic mass is 32.1. The van der Waals surface area contributed by atoms with Crippen molar-refractivity contribution in [2.75, 3.05) is 5.75 Å². The number of amides is 1. The van der Waals surface area contributed by atoms with Crippen molar-refractivity contribution >= 4 is 36.3 Å². The van der Waals surface area contributed by atoms with Crippen LogP contribution in [0.2, 0.25) is 0 Å². The highest BCUT2D eigenvalue weighted by Crippen LogP contribution is 2.20. The van der Waals surface area contributed by atoms with Crippen LogP contribution in [0.25, 0.3) is 0 Å². The lowest BCUT2D eigenvalue weighted by atomic mass is 9.96. The maximum atomic E-state index is 12.6. The van der Waals surface area contributed by atoms with Gasteiger partial charge in [0.1, 0.15) is 6.04 Å². The molecule has 6 nitrogen and oxygen atoms in total. The molecule has 28 heavy (non-hydrogen) atoms. The van der Waals surface area contributed by atoms with Crippen LogP contribution in [0.1, 0.15) is 41.3 Å². The molecule has 1 N–H and O–H groups in total. The molecule has 0 bridgehead atoms. The van der Waals surface area contributed by atoms with Crippen LogP contribution in [-0.2, 0) is 19.1 Å². The van der Waals surface area contributed by atoms with Gasteiger partial charge in [-0.05, 0) is 18.6 Å². The van der Waals surface area contributed by atoms with E-state index in [2.05, 4.69) is 17.9 Å². The number of benzene rings is 2. The van der Waals surface area contributed by atoms with Gasteiger partial charge in [0.2, 0.25) is 5.91 Å². The van der Waals surface area contributed by atoms with E-state index in [1.54, 1.807) is 55.5 Å². The van der Waals surface area contributed by atoms with Gasteiger partial charge in [0.05, 0.1) is 5.92 Å². The molecule has 2 aromatic carbocycles. The van der Waals surface area contributed by atoms with Crippen LogP contribution in [0.4, 0.5) is 0 Å². The Balaban J connectivity index is 2.12. The molecule has 7 heteroatoms. The number of carbonyl (C=O) groups is 4. The molecular weight excluding hydrogens is 378 g/mol. The molecule has 1 amide bonds. The molecule has 0 fully saturated rings. The maximum Gasteiger partial charge on any atom is 0.337 e. The van der Waals surface area contributed by atoms with Gasteiger partial charge in [-0.3, -0.25) is 14.4 Å². The Morgan fingerprint density at radius 3 is 2.21 bits per heavy atom. The number of nitrogens with one attached hydrogen (secondary N) is 1. The summed E-state index contributed by atoms with van der Waals surface area (Å²) in [5, 5.41) is 2.37. The maximum absolute atomic E-state index is 12.6. The lowest BCUT2D eigenvalue weighted by Gasteiger charge is -2.16. The summed E-state index contributed by atoms with van der Waals surface area (Å²) in [5.74, 6) is -3.01. The Kier molecular flexibility index (Phi) is 7.52. The number of hydrogen-bond donors (Lipinski definition) is 2. The molecule has 0 heterocycles. The van der Waals surface area contributed by atoms with Crippen molar-refractivity contribution in [1.82, 2.24) is 5.32 Å². The van der Waals surface area contributed by atoms with Crippen LogP contribution in [0.5, 0.6) is 0 Å². The van der Waals surface area contributed by atoms with E-state index >= 15 is 0 Å². The fourth-order valence-corrected chi connectivity index (χ4v) is 2.77. The summed E-state index contributed by atoms with van der Waals surface area (Å²) in [4.78, 5) is 48.1. The Hall–Kier alpha value is -2.93. The first-order valence-electron chi connectivity index (χ1n) is 8.66. The van der Waals surface area contributed by atoms with Crippen LogP contribution in [0, 0.1) is 0 Å². The van der Waals surface area contributed by atoms with Gasteiger partial charge in [0.15, 0.2) is 5.78 Å². The predicted molar refractivity (Wildman–Crippen MR) is 107 cm³/mol. The fraction of sp³-hybridized carbons (Fsp3) is 0.238. The van der Waals surface area contributed by atoms with E-state index in [1.165, 1.54) is 6.92 Å². The van der Waals surface area contributed by atoms with Crippen LogP contribution in [-0.4, -0.2) is 35.4 Å². The molecule has 0 spiro atoms. The normalized spacial score (nSPS) is 12.5. The molecule has 0 saturated carbocycles. The minimum atomic E-state index is -1.01. The van der Waals surface area contributed by atoms with Gasteiger partial charge in [0.25, 0.3) is 0 Å². The van der Waals surface area contributed by atoms with Crippen LogP contribution >= 0.6 is 12.6 Å². The first-order chi connectivity index (χ1) is 13.3. The number of rotatable bonds is 7. The van der Waals surface area contributed by atoms with E-state index in [-0.39, 0.29) is 11.5 Å². The van der Waals surface area contributed by atoms with Gasteiger partial charge < -0.3 is 10.1 Å². The summed E-state index contributed by atoms with van der Waals surface area (Å²) in [6.07, 6.45) is 0. The monoisotopic (exact) mass is 399 g/mol. The van der Waals surface area contributed by atoms with Crippen LogP contribution in [0.15, 0.2) is 54.6 Å². The average Bonchev–Trinajstić information content (AvgIpc) is 2.71. The summed E-state index contributed by atoms with van der Waals surface area (Å²) < 4.78 is 4.88.